The largest absolute Gasteiger partial charge is 0.322 e. The molecule has 0 radical (unpaired) electrons. The molecule has 0 N–H and O–H groups in total. The molecule has 0 atom stereocenters. The van der Waals surface area contributed by atoms with E-state index in [4.69, 9.17) is 0 Å². The third-order valence-electron chi connectivity index (χ3n) is 3.72. The lowest BCUT2D eigenvalue weighted by molar-refractivity contribution is -0.386. The first-order chi connectivity index (χ1) is 10.5. The molecular weight excluding hydrogens is 282 g/mol. The van der Waals surface area contributed by atoms with E-state index in [2.05, 4.69) is 11.2 Å². The number of nitriles is 1. The smallest absolute Gasteiger partial charge is 0.312 e. The quantitative estimate of drug-likeness (QED) is 0.548. The number of pyridine rings is 1. The van der Waals surface area contributed by atoms with Gasteiger partial charge in [-0.15, -0.1) is 0 Å². The Kier molecular flexibility index (Phi) is 3.14. The van der Waals surface area contributed by atoms with E-state index in [-0.39, 0.29) is 5.69 Å². The summed E-state index contributed by atoms with van der Waals surface area (Å²) in [6.45, 7) is 3.61. The number of nitro groups is 1. The molecule has 0 aliphatic rings. The van der Waals surface area contributed by atoms with Gasteiger partial charge in [-0.2, -0.15) is 10.4 Å². The molecule has 7 nitrogen and oxygen atoms in total. The van der Waals surface area contributed by atoms with Crippen LogP contribution in [0, 0.1) is 35.3 Å². The van der Waals surface area contributed by atoms with E-state index in [1.807, 2.05) is 35.0 Å². The summed E-state index contributed by atoms with van der Waals surface area (Å²) < 4.78 is 3.44. The number of hydrogen-bond donors (Lipinski definition) is 0. The van der Waals surface area contributed by atoms with Gasteiger partial charge in [0, 0.05) is 18.0 Å². The third-order valence-corrected chi connectivity index (χ3v) is 3.72. The van der Waals surface area contributed by atoms with Crippen molar-refractivity contribution >= 4 is 11.2 Å². The minimum Gasteiger partial charge on any atom is -0.322 e. The summed E-state index contributed by atoms with van der Waals surface area (Å²) in [5.74, 6) is 0. The molecule has 3 aromatic rings. The summed E-state index contributed by atoms with van der Waals surface area (Å²) in [6, 6.07) is 7.82. The third kappa shape index (κ3) is 2.02. The molecule has 0 spiro atoms. The minimum absolute atomic E-state index is 0.0299. The second kappa shape index (κ2) is 5.00. The molecule has 110 valence electrons. The number of hydrogen-bond acceptors (Lipinski definition) is 4. The highest BCUT2D eigenvalue weighted by Gasteiger charge is 2.22. The molecule has 7 heteroatoms. The molecule has 0 aliphatic carbocycles. The Labute approximate surface area is 126 Å². The van der Waals surface area contributed by atoms with E-state index < -0.39 is 4.92 Å². The molecule has 0 saturated carbocycles. The van der Waals surface area contributed by atoms with Crippen LogP contribution in [0.1, 0.15) is 22.5 Å². The highest BCUT2D eigenvalue weighted by atomic mass is 16.6. The molecule has 3 heterocycles. The van der Waals surface area contributed by atoms with Crippen molar-refractivity contribution in [3.63, 3.8) is 0 Å². The molecule has 22 heavy (non-hydrogen) atoms. The molecular formula is C15H13N5O2. The highest BCUT2D eigenvalue weighted by Crippen LogP contribution is 2.24. The van der Waals surface area contributed by atoms with Crippen molar-refractivity contribution in [3.05, 3.63) is 63.2 Å². The van der Waals surface area contributed by atoms with Crippen molar-refractivity contribution in [2.24, 2.45) is 0 Å². The zero-order valence-electron chi connectivity index (χ0n) is 12.1. The van der Waals surface area contributed by atoms with Gasteiger partial charge in [0.25, 0.3) is 0 Å². The molecule has 0 bridgehead atoms. The van der Waals surface area contributed by atoms with Gasteiger partial charge in [0.15, 0.2) is 0 Å². The predicted molar refractivity (Wildman–Crippen MR) is 79.6 cm³/mol. The lowest BCUT2D eigenvalue weighted by Crippen LogP contribution is -2.04. The van der Waals surface area contributed by atoms with Gasteiger partial charge in [0.1, 0.15) is 17.5 Å². The van der Waals surface area contributed by atoms with Crippen LogP contribution in [0.5, 0.6) is 0 Å². The first-order valence-electron chi connectivity index (χ1n) is 6.70. The van der Waals surface area contributed by atoms with Crippen molar-refractivity contribution < 1.29 is 4.92 Å². The Morgan fingerprint density at radius 2 is 2.18 bits per heavy atom. The fraction of sp³-hybridized carbons (Fsp3) is 0.200. The molecule has 3 aromatic heterocycles. The minimum atomic E-state index is -0.421. The lowest BCUT2D eigenvalue weighted by atomic mass is 10.2. The van der Waals surface area contributed by atoms with Gasteiger partial charge in [-0.3, -0.25) is 14.8 Å². The van der Waals surface area contributed by atoms with E-state index in [9.17, 15) is 15.4 Å². The molecule has 3 rings (SSSR count). The fourth-order valence-corrected chi connectivity index (χ4v) is 2.69. The normalized spacial score (nSPS) is 10.8. The van der Waals surface area contributed by atoms with Gasteiger partial charge in [-0.25, -0.2) is 0 Å². The average molecular weight is 295 g/mol. The number of aromatic nitrogens is 3. The standard InChI is InChI=1S/C15H13N5O2/c1-10-15(20(21)22)11(2)19(17-10)9-12-8-18-6-4-3-5-14(18)13(12)7-16/h3-6,8H,9H2,1-2H3. The first kappa shape index (κ1) is 13.8. The Bertz CT molecular complexity index is 929. The van der Waals surface area contributed by atoms with E-state index in [0.29, 0.717) is 23.5 Å². The zero-order chi connectivity index (χ0) is 15.9. The van der Waals surface area contributed by atoms with Crippen molar-refractivity contribution in [3.8, 4) is 6.07 Å². The van der Waals surface area contributed by atoms with Crippen molar-refractivity contribution in [1.29, 1.82) is 5.26 Å². The summed E-state index contributed by atoms with van der Waals surface area (Å²) in [7, 11) is 0. The molecule has 0 unspecified atom stereocenters. The Balaban J connectivity index is 2.10. The number of fused-ring (bicyclic) bond motifs is 1. The number of aryl methyl sites for hydroxylation is 1. The Morgan fingerprint density at radius 1 is 1.41 bits per heavy atom. The van der Waals surface area contributed by atoms with Crippen LogP contribution in [-0.4, -0.2) is 19.1 Å². The van der Waals surface area contributed by atoms with E-state index in [1.54, 1.807) is 18.5 Å². The molecule has 0 aliphatic heterocycles. The van der Waals surface area contributed by atoms with E-state index >= 15 is 0 Å². The summed E-state index contributed by atoms with van der Waals surface area (Å²) in [5.41, 5.74) is 3.06. The number of nitrogens with zero attached hydrogens (tertiary/aromatic N) is 5. The lowest BCUT2D eigenvalue weighted by Gasteiger charge is -2.02. The topological polar surface area (TPSA) is 89.2 Å². The Morgan fingerprint density at radius 3 is 2.82 bits per heavy atom. The van der Waals surface area contributed by atoms with Crippen LogP contribution in [0.25, 0.3) is 5.52 Å². The first-order valence-corrected chi connectivity index (χ1v) is 6.70. The maximum atomic E-state index is 11.1. The second-order valence-corrected chi connectivity index (χ2v) is 5.07. The molecule has 0 aromatic carbocycles. The molecule has 0 saturated heterocycles. The summed E-state index contributed by atoms with van der Waals surface area (Å²) in [5, 5.41) is 24.7. The van der Waals surface area contributed by atoms with Gasteiger partial charge in [0.05, 0.1) is 22.5 Å². The van der Waals surface area contributed by atoms with Crippen molar-refractivity contribution in [2.75, 3.05) is 0 Å². The van der Waals surface area contributed by atoms with Crippen molar-refractivity contribution in [2.45, 2.75) is 20.4 Å². The van der Waals surface area contributed by atoms with Gasteiger partial charge >= 0.3 is 5.69 Å². The van der Waals surface area contributed by atoms with Crippen LogP contribution >= 0.6 is 0 Å². The van der Waals surface area contributed by atoms with E-state index in [1.165, 1.54) is 0 Å². The maximum Gasteiger partial charge on any atom is 0.312 e. The van der Waals surface area contributed by atoms with Crippen LogP contribution in [0.4, 0.5) is 5.69 Å². The fourth-order valence-electron chi connectivity index (χ4n) is 2.69. The second-order valence-electron chi connectivity index (χ2n) is 5.07. The van der Waals surface area contributed by atoms with Gasteiger partial charge in [-0.05, 0) is 26.0 Å². The van der Waals surface area contributed by atoms with Gasteiger partial charge in [0.2, 0.25) is 0 Å². The van der Waals surface area contributed by atoms with Crippen LogP contribution in [-0.2, 0) is 6.54 Å². The van der Waals surface area contributed by atoms with Crippen LogP contribution in [0.2, 0.25) is 0 Å². The highest BCUT2D eigenvalue weighted by molar-refractivity contribution is 5.65. The van der Waals surface area contributed by atoms with Crippen LogP contribution in [0.3, 0.4) is 0 Å². The van der Waals surface area contributed by atoms with Gasteiger partial charge in [-0.1, -0.05) is 6.07 Å². The molecule has 0 fully saturated rings. The van der Waals surface area contributed by atoms with Gasteiger partial charge < -0.3 is 4.40 Å². The van der Waals surface area contributed by atoms with E-state index in [0.717, 1.165) is 11.1 Å². The Hall–Kier alpha value is -3.14. The van der Waals surface area contributed by atoms with Crippen molar-refractivity contribution in [1.82, 2.24) is 14.2 Å². The SMILES string of the molecule is Cc1nn(Cc2cn3ccccc3c2C#N)c(C)c1[N+](=O)[O-]. The van der Waals surface area contributed by atoms with Crippen LogP contribution < -0.4 is 0 Å². The summed E-state index contributed by atoms with van der Waals surface area (Å²) >= 11 is 0. The van der Waals surface area contributed by atoms with Crippen LogP contribution in [0.15, 0.2) is 30.6 Å². The summed E-state index contributed by atoms with van der Waals surface area (Å²) in [6.07, 6.45) is 3.72. The maximum absolute atomic E-state index is 11.1. The average Bonchev–Trinajstić information content (AvgIpc) is 2.96. The monoisotopic (exact) mass is 295 g/mol. The molecule has 0 amide bonds. The summed E-state index contributed by atoms with van der Waals surface area (Å²) in [4.78, 5) is 10.6. The predicted octanol–water partition coefficient (Wildman–Crippen LogP) is 2.58. The number of rotatable bonds is 3. The zero-order valence-corrected chi connectivity index (χ0v) is 12.1.